The zero-order chi connectivity index (χ0) is 15.5. The van der Waals surface area contributed by atoms with E-state index in [4.69, 9.17) is 4.74 Å². The van der Waals surface area contributed by atoms with E-state index in [1.54, 1.807) is 0 Å². The first-order valence-electron chi connectivity index (χ1n) is 8.01. The minimum absolute atomic E-state index is 0. The molecule has 2 fully saturated rings. The van der Waals surface area contributed by atoms with E-state index in [9.17, 15) is 13.6 Å². The lowest BCUT2D eigenvalue weighted by Crippen LogP contribution is -2.49. The SMILES string of the molecule is Cl.O=C(OCC1CCCN2CCCCC12)c1ccc(F)cc1F. The molecule has 2 aliphatic heterocycles. The summed E-state index contributed by atoms with van der Waals surface area (Å²) in [7, 11) is 0. The van der Waals surface area contributed by atoms with Gasteiger partial charge in [0.1, 0.15) is 11.6 Å². The van der Waals surface area contributed by atoms with Crippen LogP contribution < -0.4 is 0 Å². The molecule has 3 rings (SSSR count). The third-order valence-electron chi connectivity index (χ3n) is 4.81. The molecule has 0 aliphatic carbocycles. The number of carbonyl (C=O) groups is 1. The minimum atomic E-state index is -0.868. The van der Waals surface area contributed by atoms with Crippen molar-refractivity contribution in [2.45, 2.75) is 38.1 Å². The summed E-state index contributed by atoms with van der Waals surface area (Å²) < 4.78 is 31.8. The maximum atomic E-state index is 13.6. The van der Waals surface area contributed by atoms with E-state index in [-0.39, 0.29) is 18.0 Å². The first kappa shape index (κ1) is 18.1. The molecule has 23 heavy (non-hydrogen) atoms. The first-order chi connectivity index (χ1) is 10.6. The highest BCUT2D eigenvalue weighted by Crippen LogP contribution is 2.31. The van der Waals surface area contributed by atoms with Crippen molar-refractivity contribution in [3.05, 3.63) is 35.4 Å². The predicted octanol–water partition coefficient (Wildman–Crippen LogP) is 3.81. The average molecular weight is 346 g/mol. The zero-order valence-electron chi connectivity index (χ0n) is 13.0. The predicted molar refractivity (Wildman–Crippen MR) is 85.8 cm³/mol. The van der Waals surface area contributed by atoms with Crippen LogP contribution in [-0.4, -0.2) is 36.6 Å². The molecule has 1 aromatic rings. The average Bonchev–Trinajstić information content (AvgIpc) is 2.52. The molecule has 128 valence electrons. The van der Waals surface area contributed by atoms with Gasteiger partial charge in [0.05, 0.1) is 12.2 Å². The molecule has 2 aliphatic rings. The smallest absolute Gasteiger partial charge is 0.341 e. The highest BCUT2D eigenvalue weighted by molar-refractivity contribution is 5.89. The van der Waals surface area contributed by atoms with Crippen molar-refractivity contribution in [1.29, 1.82) is 0 Å². The van der Waals surface area contributed by atoms with Gasteiger partial charge < -0.3 is 4.74 Å². The zero-order valence-corrected chi connectivity index (χ0v) is 13.8. The molecule has 2 saturated heterocycles. The summed E-state index contributed by atoms with van der Waals surface area (Å²) in [4.78, 5) is 14.5. The maximum Gasteiger partial charge on any atom is 0.341 e. The molecule has 6 heteroatoms. The van der Waals surface area contributed by atoms with Crippen molar-refractivity contribution < 1.29 is 18.3 Å². The summed E-state index contributed by atoms with van der Waals surface area (Å²) in [6.45, 7) is 2.57. The third-order valence-corrected chi connectivity index (χ3v) is 4.81. The molecular formula is C17H22ClF2NO2. The minimum Gasteiger partial charge on any atom is -0.462 e. The molecular weight excluding hydrogens is 324 g/mol. The fourth-order valence-corrected chi connectivity index (χ4v) is 3.69. The van der Waals surface area contributed by atoms with Crippen LogP contribution in [0.15, 0.2) is 18.2 Å². The molecule has 0 radical (unpaired) electrons. The molecule has 2 atom stereocenters. The first-order valence-corrected chi connectivity index (χ1v) is 8.01. The van der Waals surface area contributed by atoms with Gasteiger partial charge in [-0.1, -0.05) is 6.42 Å². The van der Waals surface area contributed by atoms with Crippen molar-refractivity contribution in [3.63, 3.8) is 0 Å². The Morgan fingerprint density at radius 2 is 1.96 bits per heavy atom. The van der Waals surface area contributed by atoms with Gasteiger partial charge in [0.2, 0.25) is 0 Å². The van der Waals surface area contributed by atoms with E-state index in [0.717, 1.165) is 44.5 Å². The number of benzene rings is 1. The molecule has 2 unspecified atom stereocenters. The number of ether oxygens (including phenoxy) is 1. The number of nitrogens with zero attached hydrogens (tertiary/aromatic N) is 1. The molecule has 0 spiro atoms. The normalized spacial score (nSPS) is 24.4. The third kappa shape index (κ3) is 4.21. The van der Waals surface area contributed by atoms with E-state index in [2.05, 4.69) is 4.90 Å². The van der Waals surface area contributed by atoms with Gasteiger partial charge >= 0.3 is 5.97 Å². The van der Waals surface area contributed by atoms with Gasteiger partial charge in [-0.15, -0.1) is 12.4 Å². The molecule has 2 heterocycles. The van der Waals surface area contributed by atoms with Crippen LogP contribution in [0.3, 0.4) is 0 Å². The lowest BCUT2D eigenvalue weighted by atomic mass is 9.84. The Hall–Kier alpha value is -1.20. The van der Waals surface area contributed by atoms with Crippen LogP contribution in [0.25, 0.3) is 0 Å². The quantitative estimate of drug-likeness (QED) is 0.780. The van der Waals surface area contributed by atoms with Gasteiger partial charge in [-0.3, -0.25) is 4.90 Å². The Balaban J connectivity index is 0.00000192. The van der Waals surface area contributed by atoms with Crippen molar-refractivity contribution in [2.24, 2.45) is 5.92 Å². The fourth-order valence-electron chi connectivity index (χ4n) is 3.69. The molecule has 0 amide bonds. The second-order valence-electron chi connectivity index (χ2n) is 6.22. The Labute approximate surface area is 141 Å². The van der Waals surface area contributed by atoms with E-state index >= 15 is 0 Å². The fraction of sp³-hybridized carbons (Fsp3) is 0.588. The van der Waals surface area contributed by atoms with Gasteiger partial charge in [0, 0.05) is 18.0 Å². The van der Waals surface area contributed by atoms with Crippen LogP contribution in [0.5, 0.6) is 0 Å². The van der Waals surface area contributed by atoms with Crippen molar-refractivity contribution in [3.8, 4) is 0 Å². The molecule has 0 bridgehead atoms. The number of halogens is 3. The van der Waals surface area contributed by atoms with Gasteiger partial charge in [-0.25, -0.2) is 13.6 Å². The summed E-state index contributed by atoms with van der Waals surface area (Å²) in [5.74, 6) is -1.95. The number of hydrogen-bond acceptors (Lipinski definition) is 3. The lowest BCUT2D eigenvalue weighted by Gasteiger charge is -2.44. The number of carbonyl (C=O) groups excluding carboxylic acids is 1. The number of piperidine rings is 2. The second-order valence-corrected chi connectivity index (χ2v) is 6.22. The Morgan fingerprint density at radius 3 is 2.74 bits per heavy atom. The highest BCUT2D eigenvalue weighted by Gasteiger charge is 2.33. The van der Waals surface area contributed by atoms with Crippen molar-refractivity contribution >= 4 is 18.4 Å². The number of hydrogen-bond donors (Lipinski definition) is 0. The van der Waals surface area contributed by atoms with Gasteiger partial charge in [0.25, 0.3) is 0 Å². The van der Waals surface area contributed by atoms with Crippen LogP contribution in [-0.2, 0) is 4.74 Å². The van der Waals surface area contributed by atoms with Gasteiger partial charge in [-0.2, -0.15) is 0 Å². The molecule has 0 N–H and O–H groups in total. The monoisotopic (exact) mass is 345 g/mol. The summed E-state index contributed by atoms with van der Waals surface area (Å²) >= 11 is 0. The Kier molecular flexibility index (Phi) is 6.36. The van der Waals surface area contributed by atoms with Crippen molar-refractivity contribution in [2.75, 3.05) is 19.7 Å². The standard InChI is InChI=1S/C17H21F2NO2.ClH/c18-13-6-7-14(15(19)10-13)17(21)22-11-12-4-3-9-20-8-2-1-5-16(12)20;/h6-7,10,12,16H,1-5,8-9,11H2;1H. The Morgan fingerprint density at radius 1 is 1.17 bits per heavy atom. The summed E-state index contributed by atoms with van der Waals surface area (Å²) in [6.07, 6.45) is 5.76. The molecule has 3 nitrogen and oxygen atoms in total. The largest absolute Gasteiger partial charge is 0.462 e. The number of fused-ring (bicyclic) bond motifs is 1. The van der Waals surface area contributed by atoms with E-state index in [1.165, 1.54) is 12.8 Å². The summed E-state index contributed by atoms with van der Waals surface area (Å²) in [6, 6.07) is 3.40. The molecule has 0 saturated carbocycles. The van der Waals surface area contributed by atoms with Crippen LogP contribution in [0.2, 0.25) is 0 Å². The number of esters is 1. The maximum absolute atomic E-state index is 13.6. The number of rotatable bonds is 3. The summed E-state index contributed by atoms with van der Waals surface area (Å²) in [5.41, 5.74) is -0.197. The van der Waals surface area contributed by atoms with Gasteiger partial charge in [-0.05, 0) is 50.9 Å². The van der Waals surface area contributed by atoms with E-state index in [0.29, 0.717) is 24.6 Å². The lowest BCUT2D eigenvalue weighted by molar-refractivity contribution is 0.00711. The van der Waals surface area contributed by atoms with Crippen LogP contribution >= 0.6 is 12.4 Å². The van der Waals surface area contributed by atoms with E-state index in [1.807, 2.05) is 0 Å². The Bertz CT molecular complexity index is 553. The van der Waals surface area contributed by atoms with E-state index < -0.39 is 17.6 Å². The topological polar surface area (TPSA) is 29.5 Å². The second kappa shape index (κ2) is 8.06. The summed E-state index contributed by atoms with van der Waals surface area (Å²) in [5, 5.41) is 0. The highest BCUT2D eigenvalue weighted by atomic mass is 35.5. The molecule has 1 aromatic carbocycles. The van der Waals surface area contributed by atoms with Gasteiger partial charge in [0.15, 0.2) is 0 Å². The van der Waals surface area contributed by atoms with Crippen LogP contribution in [0.4, 0.5) is 8.78 Å². The van der Waals surface area contributed by atoms with Crippen LogP contribution in [0, 0.1) is 17.6 Å². The molecule has 0 aromatic heterocycles. The van der Waals surface area contributed by atoms with Crippen molar-refractivity contribution in [1.82, 2.24) is 4.90 Å². The van der Waals surface area contributed by atoms with Crippen LogP contribution in [0.1, 0.15) is 42.5 Å².